The highest BCUT2D eigenvalue weighted by molar-refractivity contribution is 5.69. The standard InChI is InChI=1S/C20H32N2O2.C6H4F2/c1-16(19-6-4-3-5-18(19)9-12-21)7-8-20(23)24-15-17-10-13-22(2)14-11-17;7-5-2-1-3-6(8)4-5/h3-6,16-17H,7-15,21H2,1-2H3;1-4H. The summed E-state index contributed by atoms with van der Waals surface area (Å²) in [4.78, 5) is 14.4. The van der Waals surface area contributed by atoms with Gasteiger partial charge in [0.25, 0.3) is 0 Å². The quantitative estimate of drug-likeness (QED) is 0.585. The molecule has 1 aliphatic heterocycles. The van der Waals surface area contributed by atoms with Gasteiger partial charge in [0.15, 0.2) is 0 Å². The van der Waals surface area contributed by atoms with Gasteiger partial charge in [0, 0.05) is 12.5 Å². The molecule has 0 radical (unpaired) electrons. The van der Waals surface area contributed by atoms with Crippen LogP contribution in [0.4, 0.5) is 8.78 Å². The minimum absolute atomic E-state index is 0.0583. The van der Waals surface area contributed by atoms with Crippen LogP contribution >= 0.6 is 0 Å². The SMILES string of the molecule is CC(CCC(=O)OCC1CCN(C)CC1)c1ccccc1CCN.Fc1cccc(F)c1. The molecule has 1 fully saturated rings. The average molecular weight is 447 g/mol. The van der Waals surface area contributed by atoms with Crippen molar-refractivity contribution in [2.75, 3.05) is 33.3 Å². The number of halogens is 2. The topological polar surface area (TPSA) is 55.6 Å². The van der Waals surface area contributed by atoms with E-state index in [9.17, 15) is 13.6 Å². The van der Waals surface area contributed by atoms with Crippen molar-refractivity contribution in [3.63, 3.8) is 0 Å². The summed E-state index contributed by atoms with van der Waals surface area (Å²) in [5.41, 5.74) is 8.30. The number of piperidine rings is 1. The summed E-state index contributed by atoms with van der Waals surface area (Å²) in [6.07, 6.45) is 4.47. The van der Waals surface area contributed by atoms with Gasteiger partial charge in [-0.3, -0.25) is 4.79 Å². The molecule has 6 heteroatoms. The van der Waals surface area contributed by atoms with E-state index in [1.807, 2.05) is 0 Å². The predicted octanol–water partition coefficient (Wildman–Crippen LogP) is 4.92. The minimum Gasteiger partial charge on any atom is -0.465 e. The van der Waals surface area contributed by atoms with Gasteiger partial charge >= 0.3 is 5.97 Å². The van der Waals surface area contributed by atoms with Crippen molar-refractivity contribution >= 4 is 5.97 Å². The molecule has 0 saturated carbocycles. The van der Waals surface area contributed by atoms with Crippen LogP contribution in [0, 0.1) is 17.6 Å². The maximum absolute atomic E-state index is 12.0. The van der Waals surface area contributed by atoms with Crippen molar-refractivity contribution in [2.45, 2.75) is 44.9 Å². The Balaban J connectivity index is 0.000000380. The lowest BCUT2D eigenvalue weighted by Gasteiger charge is -2.28. The third-order valence-corrected chi connectivity index (χ3v) is 5.89. The number of nitrogens with two attached hydrogens (primary N) is 1. The monoisotopic (exact) mass is 446 g/mol. The van der Waals surface area contributed by atoms with E-state index in [1.54, 1.807) is 0 Å². The molecular formula is C26H36F2N2O2. The molecule has 1 heterocycles. The number of likely N-dealkylation sites (tertiary alicyclic amines) is 1. The van der Waals surface area contributed by atoms with E-state index in [0.717, 1.165) is 44.8 Å². The number of ether oxygens (including phenoxy) is 1. The van der Waals surface area contributed by atoms with E-state index in [-0.39, 0.29) is 5.97 Å². The van der Waals surface area contributed by atoms with Crippen LogP contribution in [0.3, 0.4) is 0 Å². The Morgan fingerprint density at radius 1 is 1.12 bits per heavy atom. The minimum atomic E-state index is -0.537. The second-order valence-electron chi connectivity index (χ2n) is 8.55. The summed E-state index contributed by atoms with van der Waals surface area (Å²) in [7, 11) is 2.14. The number of carbonyl (C=O) groups is 1. The van der Waals surface area contributed by atoms with E-state index in [4.69, 9.17) is 10.5 Å². The number of hydrogen-bond acceptors (Lipinski definition) is 4. The molecular weight excluding hydrogens is 410 g/mol. The lowest BCUT2D eigenvalue weighted by atomic mass is 9.91. The van der Waals surface area contributed by atoms with Crippen molar-refractivity contribution in [1.82, 2.24) is 4.90 Å². The van der Waals surface area contributed by atoms with Gasteiger partial charge in [-0.05, 0) is 87.5 Å². The zero-order chi connectivity index (χ0) is 23.3. The Kier molecular flexibility index (Phi) is 11.3. The first-order valence-corrected chi connectivity index (χ1v) is 11.4. The molecule has 4 nitrogen and oxygen atoms in total. The van der Waals surface area contributed by atoms with Crippen molar-refractivity contribution in [3.05, 3.63) is 71.3 Å². The fourth-order valence-corrected chi connectivity index (χ4v) is 3.86. The molecule has 2 N–H and O–H groups in total. The third-order valence-electron chi connectivity index (χ3n) is 5.89. The lowest BCUT2D eigenvalue weighted by Crippen LogP contribution is -2.32. The van der Waals surface area contributed by atoms with Crippen molar-refractivity contribution in [3.8, 4) is 0 Å². The zero-order valence-corrected chi connectivity index (χ0v) is 19.2. The summed E-state index contributed by atoms with van der Waals surface area (Å²) < 4.78 is 29.4. The number of esters is 1. The Morgan fingerprint density at radius 3 is 2.38 bits per heavy atom. The number of rotatable bonds is 8. The van der Waals surface area contributed by atoms with Crippen molar-refractivity contribution < 1.29 is 18.3 Å². The summed E-state index contributed by atoms with van der Waals surface area (Å²) in [5.74, 6) is -0.247. The molecule has 2 aromatic carbocycles. The van der Waals surface area contributed by atoms with Crippen molar-refractivity contribution in [1.29, 1.82) is 0 Å². The molecule has 0 spiro atoms. The maximum atomic E-state index is 12.0. The Hall–Kier alpha value is -2.31. The van der Waals surface area contributed by atoms with Crippen LogP contribution in [0.15, 0.2) is 48.5 Å². The molecule has 32 heavy (non-hydrogen) atoms. The average Bonchev–Trinajstić information content (AvgIpc) is 2.78. The van der Waals surface area contributed by atoms with Crippen LogP contribution in [-0.4, -0.2) is 44.2 Å². The highest BCUT2D eigenvalue weighted by atomic mass is 19.1. The van der Waals surface area contributed by atoms with Crippen LogP contribution in [0.2, 0.25) is 0 Å². The number of benzene rings is 2. The van der Waals surface area contributed by atoms with Gasteiger partial charge in [0.05, 0.1) is 6.61 Å². The molecule has 1 saturated heterocycles. The van der Waals surface area contributed by atoms with Gasteiger partial charge in [-0.1, -0.05) is 37.3 Å². The first kappa shape index (κ1) is 25.9. The molecule has 1 unspecified atom stereocenters. The summed E-state index contributed by atoms with van der Waals surface area (Å²) in [6, 6.07) is 13.0. The van der Waals surface area contributed by atoms with E-state index in [2.05, 4.69) is 43.1 Å². The fourth-order valence-electron chi connectivity index (χ4n) is 3.86. The van der Waals surface area contributed by atoms with Gasteiger partial charge in [-0.15, -0.1) is 0 Å². The molecule has 1 atom stereocenters. The molecule has 176 valence electrons. The summed E-state index contributed by atoms with van der Waals surface area (Å²) in [6.45, 7) is 5.64. The van der Waals surface area contributed by atoms with Gasteiger partial charge in [-0.25, -0.2) is 8.78 Å². The largest absolute Gasteiger partial charge is 0.465 e. The first-order chi connectivity index (χ1) is 15.4. The van der Waals surface area contributed by atoms with Crippen LogP contribution < -0.4 is 5.73 Å². The summed E-state index contributed by atoms with van der Waals surface area (Å²) in [5, 5.41) is 0. The molecule has 3 rings (SSSR count). The van der Waals surface area contributed by atoms with Crippen LogP contribution in [-0.2, 0) is 16.0 Å². The Bertz CT molecular complexity index is 806. The first-order valence-electron chi connectivity index (χ1n) is 11.4. The van der Waals surface area contributed by atoms with Gasteiger partial charge in [-0.2, -0.15) is 0 Å². The third kappa shape index (κ3) is 9.45. The van der Waals surface area contributed by atoms with E-state index in [1.165, 1.54) is 29.3 Å². The number of nitrogens with zero attached hydrogens (tertiary/aromatic N) is 1. The second-order valence-corrected chi connectivity index (χ2v) is 8.55. The number of hydrogen-bond donors (Lipinski definition) is 1. The normalized spacial score (nSPS) is 15.5. The zero-order valence-electron chi connectivity index (χ0n) is 19.2. The molecule has 0 aliphatic carbocycles. The van der Waals surface area contributed by atoms with Crippen LogP contribution in [0.25, 0.3) is 0 Å². The van der Waals surface area contributed by atoms with E-state index >= 15 is 0 Å². The molecule has 0 bridgehead atoms. The maximum Gasteiger partial charge on any atom is 0.305 e. The molecule has 0 amide bonds. The van der Waals surface area contributed by atoms with Crippen molar-refractivity contribution in [2.24, 2.45) is 11.7 Å². The highest BCUT2D eigenvalue weighted by Crippen LogP contribution is 2.25. The second kappa shape index (κ2) is 14.0. The van der Waals surface area contributed by atoms with Gasteiger partial charge < -0.3 is 15.4 Å². The van der Waals surface area contributed by atoms with E-state index in [0.29, 0.717) is 31.4 Å². The predicted molar refractivity (Wildman–Crippen MR) is 124 cm³/mol. The van der Waals surface area contributed by atoms with Crippen LogP contribution in [0.5, 0.6) is 0 Å². The fraction of sp³-hybridized carbons (Fsp3) is 0.500. The number of carbonyl (C=O) groups excluding carboxylic acids is 1. The summed E-state index contributed by atoms with van der Waals surface area (Å²) >= 11 is 0. The Labute approximate surface area is 190 Å². The van der Waals surface area contributed by atoms with Crippen LogP contribution in [0.1, 0.15) is 49.7 Å². The van der Waals surface area contributed by atoms with Gasteiger partial charge in [0.2, 0.25) is 0 Å². The molecule has 2 aromatic rings. The smallest absolute Gasteiger partial charge is 0.305 e. The lowest BCUT2D eigenvalue weighted by molar-refractivity contribution is -0.145. The van der Waals surface area contributed by atoms with E-state index < -0.39 is 11.6 Å². The Morgan fingerprint density at radius 2 is 1.78 bits per heavy atom. The highest BCUT2D eigenvalue weighted by Gasteiger charge is 2.19. The molecule has 0 aromatic heterocycles. The molecule has 1 aliphatic rings. The van der Waals surface area contributed by atoms with Gasteiger partial charge in [0.1, 0.15) is 11.6 Å².